The normalized spacial score (nSPS) is 32.4. The number of nitrogens with one attached hydrogen (secondary N) is 1. The molecule has 1 unspecified atom stereocenters. The van der Waals surface area contributed by atoms with Crippen molar-refractivity contribution in [1.29, 1.82) is 0 Å². The highest BCUT2D eigenvalue weighted by atomic mass is 32.1. The Kier molecular flexibility index (Phi) is 1.92. The van der Waals surface area contributed by atoms with Crippen LogP contribution in [0.1, 0.15) is 36.3 Å². The molecule has 1 aliphatic heterocycles. The molecule has 0 aromatic carbocycles. The van der Waals surface area contributed by atoms with Crippen LogP contribution < -0.4 is 5.32 Å². The lowest BCUT2D eigenvalue weighted by Crippen LogP contribution is -2.38. The van der Waals surface area contributed by atoms with E-state index in [1.807, 2.05) is 0 Å². The van der Waals surface area contributed by atoms with Crippen LogP contribution in [0, 0.1) is 12.8 Å². The van der Waals surface area contributed by atoms with Gasteiger partial charge in [0.1, 0.15) is 0 Å². The van der Waals surface area contributed by atoms with Gasteiger partial charge in [-0.2, -0.15) is 4.37 Å². The lowest BCUT2D eigenvalue weighted by Gasteiger charge is -2.27. The Morgan fingerprint density at radius 1 is 1.57 bits per heavy atom. The van der Waals surface area contributed by atoms with Crippen molar-refractivity contribution in [1.82, 2.24) is 9.69 Å². The van der Waals surface area contributed by atoms with Gasteiger partial charge in [-0.05, 0) is 62.7 Å². The molecule has 1 aliphatic carbocycles. The Hall–Kier alpha value is -0.410. The summed E-state index contributed by atoms with van der Waals surface area (Å²) in [6.07, 6.45) is 5.46. The molecule has 1 N–H and O–H groups in total. The number of hydrogen-bond donors (Lipinski definition) is 1. The van der Waals surface area contributed by atoms with Crippen LogP contribution >= 0.6 is 11.5 Å². The van der Waals surface area contributed by atoms with Gasteiger partial charge in [-0.15, -0.1) is 0 Å². The average Bonchev–Trinajstić information content (AvgIpc) is 2.77. The predicted octanol–water partition coefficient (Wildman–Crippen LogP) is 2.44. The van der Waals surface area contributed by atoms with Crippen molar-refractivity contribution in [2.75, 3.05) is 6.54 Å². The Labute approximate surface area is 88.9 Å². The Morgan fingerprint density at radius 3 is 2.93 bits per heavy atom. The van der Waals surface area contributed by atoms with Gasteiger partial charge in [0.05, 0.1) is 11.2 Å². The van der Waals surface area contributed by atoms with Crippen LogP contribution in [0.25, 0.3) is 0 Å². The fraction of sp³-hybridized carbons (Fsp3) is 0.727. The molecule has 1 atom stereocenters. The first-order valence-electron chi connectivity index (χ1n) is 5.50. The second-order valence-corrected chi connectivity index (χ2v) is 5.41. The van der Waals surface area contributed by atoms with Crippen molar-refractivity contribution in [3.8, 4) is 0 Å². The van der Waals surface area contributed by atoms with Crippen LogP contribution in [0.3, 0.4) is 0 Å². The van der Waals surface area contributed by atoms with Crippen molar-refractivity contribution in [3.63, 3.8) is 0 Å². The molecule has 2 nitrogen and oxygen atoms in total. The molecular formula is C11H16N2S. The molecule has 2 fully saturated rings. The van der Waals surface area contributed by atoms with Crippen LogP contribution in [0.5, 0.6) is 0 Å². The zero-order valence-electron chi connectivity index (χ0n) is 8.55. The standard InChI is InChI=1S/C11H16N2S/c1-8-7-10(14-13-8)11(9-3-4-9)5-2-6-12-11/h7,9,12H,2-6H2,1H3. The largest absolute Gasteiger partial charge is 0.306 e. The van der Waals surface area contributed by atoms with E-state index in [9.17, 15) is 0 Å². The summed E-state index contributed by atoms with van der Waals surface area (Å²) in [5.74, 6) is 0.893. The molecular weight excluding hydrogens is 192 g/mol. The topological polar surface area (TPSA) is 24.9 Å². The molecule has 2 aliphatic rings. The number of rotatable bonds is 2. The molecule has 2 heterocycles. The second kappa shape index (κ2) is 3.04. The molecule has 3 rings (SSSR count). The van der Waals surface area contributed by atoms with Gasteiger partial charge < -0.3 is 5.32 Å². The molecule has 1 aromatic rings. The van der Waals surface area contributed by atoms with Gasteiger partial charge in [0, 0.05) is 4.88 Å². The van der Waals surface area contributed by atoms with Gasteiger partial charge in [0.25, 0.3) is 0 Å². The van der Waals surface area contributed by atoms with Gasteiger partial charge in [-0.3, -0.25) is 0 Å². The third kappa shape index (κ3) is 1.22. The van der Waals surface area contributed by atoms with Crippen molar-refractivity contribution in [2.45, 2.75) is 38.1 Å². The van der Waals surface area contributed by atoms with Gasteiger partial charge in [0.15, 0.2) is 0 Å². The maximum atomic E-state index is 4.42. The molecule has 1 aromatic heterocycles. The van der Waals surface area contributed by atoms with E-state index < -0.39 is 0 Å². The smallest absolute Gasteiger partial charge is 0.0573 e. The fourth-order valence-corrected chi connectivity index (χ4v) is 3.70. The highest BCUT2D eigenvalue weighted by molar-refractivity contribution is 7.06. The summed E-state index contributed by atoms with van der Waals surface area (Å²) >= 11 is 1.70. The quantitative estimate of drug-likeness (QED) is 0.807. The Bertz CT molecular complexity index is 335. The third-order valence-electron chi connectivity index (χ3n) is 3.53. The third-order valence-corrected chi connectivity index (χ3v) is 4.59. The Balaban J connectivity index is 1.98. The van der Waals surface area contributed by atoms with E-state index in [2.05, 4.69) is 22.7 Å². The first-order chi connectivity index (χ1) is 6.81. The molecule has 3 heteroatoms. The first-order valence-corrected chi connectivity index (χ1v) is 6.27. The van der Waals surface area contributed by atoms with Gasteiger partial charge >= 0.3 is 0 Å². The number of nitrogens with zero attached hydrogens (tertiary/aromatic N) is 1. The molecule has 76 valence electrons. The lowest BCUT2D eigenvalue weighted by atomic mass is 9.89. The molecule has 0 amide bonds. The van der Waals surface area contributed by atoms with E-state index in [1.54, 1.807) is 11.5 Å². The molecule has 1 saturated carbocycles. The lowest BCUT2D eigenvalue weighted by molar-refractivity contribution is 0.343. The van der Waals surface area contributed by atoms with Gasteiger partial charge in [-0.25, -0.2) is 0 Å². The van der Waals surface area contributed by atoms with E-state index in [4.69, 9.17) is 0 Å². The van der Waals surface area contributed by atoms with Crippen molar-refractivity contribution >= 4 is 11.5 Å². The molecule has 0 spiro atoms. The highest BCUT2D eigenvalue weighted by Crippen LogP contribution is 2.51. The zero-order chi connectivity index (χ0) is 9.60. The van der Waals surface area contributed by atoms with Gasteiger partial charge in [-0.1, -0.05) is 0 Å². The minimum atomic E-state index is 0.325. The summed E-state index contributed by atoms with van der Waals surface area (Å²) in [5.41, 5.74) is 1.50. The van der Waals surface area contributed by atoms with Crippen LogP contribution in [-0.4, -0.2) is 10.9 Å². The summed E-state index contributed by atoms with van der Waals surface area (Å²) < 4.78 is 4.42. The zero-order valence-corrected chi connectivity index (χ0v) is 9.36. The minimum Gasteiger partial charge on any atom is -0.306 e. The maximum Gasteiger partial charge on any atom is 0.0573 e. The van der Waals surface area contributed by atoms with E-state index in [0.717, 1.165) is 5.92 Å². The Morgan fingerprint density at radius 2 is 2.43 bits per heavy atom. The van der Waals surface area contributed by atoms with E-state index in [0.29, 0.717) is 5.54 Å². The molecule has 14 heavy (non-hydrogen) atoms. The molecule has 0 radical (unpaired) electrons. The van der Waals surface area contributed by atoms with Crippen LogP contribution in [-0.2, 0) is 5.54 Å². The highest BCUT2D eigenvalue weighted by Gasteiger charge is 2.48. The summed E-state index contributed by atoms with van der Waals surface area (Å²) in [6.45, 7) is 3.28. The SMILES string of the molecule is Cc1cc(C2(C3CC3)CCCN2)sn1. The van der Waals surface area contributed by atoms with Crippen molar-refractivity contribution in [3.05, 3.63) is 16.6 Å². The first kappa shape index (κ1) is 8.86. The van der Waals surface area contributed by atoms with E-state index >= 15 is 0 Å². The van der Waals surface area contributed by atoms with E-state index in [1.165, 1.54) is 42.8 Å². The van der Waals surface area contributed by atoms with Crippen molar-refractivity contribution in [2.24, 2.45) is 5.92 Å². The van der Waals surface area contributed by atoms with Crippen LogP contribution in [0.4, 0.5) is 0 Å². The predicted molar refractivity (Wildman–Crippen MR) is 58.5 cm³/mol. The van der Waals surface area contributed by atoms with Gasteiger partial charge in [0.2, 0.25) is 0 Å². The number of aromatic nitrogens is 1. The van der Waals surface area contributed by atoms with Crippen molar-refractivity contribution < 1.29 is 0 Å². The number of aryl methyl sites for hydroxylation is 1. The fourth-order valence-electron chi connectivity index (χ4n) is 2.68. The second-order valence-electron chi connectivity index (χ2n) is 4.61. The molecule has 0 bridgehead atoms. The maximum absolute atomic E-state index is 4.42. The summed E-state index contributed by atoms with van der Waals surface area (Å²) in [6, 6.07) is 2.28. The summed E-state index contributed by atoms with van der Waals surface area (Å²) in [5, 5.41) is 3.73. The van der Waals surface area contributed by atoms with Crippen LogP contribution in [0.15, 0.2) is 6.07 Å². The monoisotopic (exact) mass is 208 g/mol. The number of hydrogen-bond acceptors (Lipinski definition) is 3. The van der Waals surface area contributed by atoms with E-state index in [-0.39, 0.29) is 0 Å². The summed E-state index contributed by atoms with van der Waals surface area (Å²) in [7, 11) is 0. The van der Waals surface area contributed by atoms with Crippen LogP contribution in [0.2, 0.25) is 0 Å². The minimum absolute atomic E-state index is 0.325. The molecule has 1 saturated heterocycles. The summed E-state index contributed by atoms with van der Waals surface area (Å²) in [4.78, 5) is 1.48. The average molecular weight is 208 g/mol.